The second-order valence-electron chi connectivity index (χ2n) is 5.86. The summed E-state index contributed by atoms with van der Waals surface area (Å²) in [6.45, 7) is 2.24. The van der Waals surface area contributed by atoms with Gasteiger partial charge < -0.3 is 19.7 Å². The minimum absolute atomic E-state index is 0.143. The van der Waals surface area contributed by atoms with Crippen LogP contribution in [0, 0.1) is 5.82 Å². The fourth-order valence-electron chi connectivity index (χ4n) is 2.62. The van der Waals surface area contributed by atoms with Crippen molar-refractivity contribution in [3.63, 3.8) is 0 Å². The van der Waals surface area contributed by atoms with Gasteiger partial charge in [0.25, 0.3) is 5.91 Å². The summed E-state index contributed by atoms with van der Waals surface area (Å²) in [5.41, 5.74) is 0.877. The molecule has 7 heteroatoms. The van der Waals surface area contributed by atoms with Crippen molar-refractivity contribution in [1.82, 2.24) is 10.2 Å². The van der Waals surface area contributed by atoms with Crippen LogP contribution in [0.5, 0.6) is 11.5 Å². The zero-order valence-corrected chi connectivity index (χ0v) is 14.3. The first kappa shape index (κ1) is 17.7. The van der Waals surface area contributed by atoms with Gasteiger partial charge in [-0.25, -0.2) is 4.39 Å². The summed E-state index contributed by atoms with van der Waals surface area (Å²) in [7, 11) is 0. The molecule has 2 amide bonds. The molecule has 0 aliphatic carbocycles. The van der Waals surface area contributed by atoms with E-state index in [0.717, 1.165) is 0 Å². The molecule has 0 fully saturated rings. The summed E-state index contributed by atoms with van der Waals surface area (Å²) in [5.74, 6) is 0.308. The highest BCUT2D eigenvalue weighted by atomic mass is 19.1. The van der Waals surface area contributed by atoms with Gasteiger partial charge in [-0.2, -0.15) is 0 Å². The first-order valence-corrected chi connectivity index (χ1v) is 8.21. The highest BCUT2D eigenvalue weighted by molar-refractivity contribution is 5.94. The number of nitrogens with zero attached hydrogens (tertiary/aromatic N) is 1. The number of amides is 2. The molecule has 0 radical (unpaired) electrons. The molecule has 0 saturated heterocycles. The van der Waals surface area contributed by atoms with Gasteiger partial charge in [0.15, 0.2) is 11.5 Å². The fourth-order valence-corrected chi connectivity index (χ4v) is 2.62. The van der Waals surface area contributed by atoms with Crippen molar-refractivity contribution >= 4 is 11.8 Å². The van der Waals surface area contributed by atoms with Crippen LogP contribution in [0.4, 0.5) is 4.39 Å². The Morgan fingerprint density at radius 2 is 1.92 bits per heavy atom. The maximum Gasteiger partial charge on any atom is 0.251 e. The average molecular weight is 358 g/mol. The molecule has 0 aromatic heterocycles. The Labute approximate surface area is 150 Å². The third-order valence-corrected chi connectivity index (χ3v) is 4.07. The SMILES string of the molecule is CC(=O)N(CCNC(=O)c1ccc2c(c1)OCO2)Cc1ccccc1F. The molecule has 1 heterocycles. The van der Waals surface area contributed by atoms with Gasteiger partial charge >= 0.3 is 0 Å². The molecular formula is C19H19FN2O4. The number of ether oxygens (including phenoxy) is 2. The number of hydrogen-bond acceptors (Lipinski definition) is 4. The van der Waals surface area contributed by atoms with Gasteiger partial charge in [-0.3, -0.25) is 9.59 Å². The van der Waals surface area contributed by atoms with E-state index in [0.29, 0.717) is 22.6 Å². The van der Waals surface area contributed by atoms with Crippen LogP contribution in [-0.4, -0.2) is 36.6 Å². The molecule has 1 aliphatic rings. The van der Waals surface area contributed by atoms with Crippen LogP contribution in [-0.2, 0) is 11.3 Å². The third kappa shape index (κ3) is 4.11. The lowest BCUT2D eigenvalue weighted by atomic mass is 10.2. The summed E-state index contributed by atoms with van der Waals surface area (Å²) in [6.07, 6.45) is 0. The zero-order valence-electron chi connectivity index (χ0n) is 14.3. The lowest BCUT2D eigenvalue weighted by Gasteiger charge is -2.21. The van der Waals surface area contributed by atoms with Gasteiger partial charge in [0, 0.05) is 37.7 Å². The molecular weight excluding hydrogens is 339 g/mol. The van der Waals surface area contributed by atoms with Crippen LogP contribution in [0.15, 0.2) is 42.5 Å². The standard InChI is InChI=1S/C19H19FN2O4/c1-13(23)22(11-15-4-2-3-5-16(15)20)9-8-21-19(24)14-6-7-17-18(10-14)26-12-25-17/h2-7,10H,8-9,11-12H2,1H3,(H,21,24). The van der Waals surface area contributed by atoms with E-state index in [2.05, 4.69) is 5.32 Å². The summed E-state index contributed by atoms with van der Waals surface area (Å²) >= 11 is 0. The number of nitrogens with one attached hydrogen (secondary N) is 1. The van der Waals surface area contributed by atoms with E-state index >= 15 is 0 Å². The second-order valence-corrected chi connectivity index (χ2v) is 5.86. The Morgan fingerprint density at radius 1 is 1.15 bits per heavy atom. The smallest absolute Gasteiger partial charge is 0.251 e. The molecule has 0 saturated carbocycles. The summed E-state index contributed by atoms with van der Waals surface area (Å²) in [6, 6.07) is 11.2. The number of carbonyl (C=O) groups excluding carboxylic acids is 2. The van der Waals surface area contributed by atoms with E-state index in [9.17, 15) is 14.0 Å². The molecule has 1 N–H and O–H groups in total. The molecule has 6 nitrogen and oxygen atoms in total. The van der Waals surface area contributed by atoms with Crippen molar-refractivity contribution in [2.75, 3.05) is 19.9 Å². The molecule has 1 aliphatic heterocycles. The van der Waals surface area contributed by atoms with Crippen LogP contribution < -0.4 is 14.8 Å². The van der Waals surface area contributed by atoms with Crippen LogP contribution in [0.2, 0.25) is 0 Å². The zero-order chi connectivity index (χ0) is 18.5. The number of carbonyl (C=O) groups is 2. The minimum Gasteiger partial charge on any atom is -0.454 e. The molecule has 2 aromatic rings. The second kappa shape index (κ2) is 7.86. The quantitative estimate of drug-likeness (QED) is 0.861. The number of fused-ring (bicyclic) bond motifs is 1. The van der Waals surface area contributed by atoms with Crippen LogP contribution in [0.1, 0.15) is 22.8 Å². The first-order valence-electron chi connectivity index (χ1n) is 8.21. The van der Waals surface area contributed by atoms with Gasteiger partial charge in [-0.1, -0.05) is 18.2 Å². The minimum atomic E-state index is -0.358. The number of benzene rings is 2. The molecule has 136 valence electrons. The van der Waals surface area contributed by atoms with Crippen LogP contribution in [0.3, 0.4) is 0 Å². The first-order chi connectivity index (χ1) is 12.5. The van der Waals surface area contributed by atoms with E-state index in [4.69, 9.17) is 9.47 Å². The van der Waals surface area contributed by atoms with E-state index in [1.54, 1.807) is 36.4 Å². The monoisotopic (exact) mass is 358 g/mol. The molecule has 0 unspecified atom stereocenters. The van der Waals surface area contributed by atoms with Crippen molar-refractivity contribution in [2.24, 2.45) is 0 Å². The predicted molar refractivity (Wildman–Crippen MR) is 92.4 cm³/mol. The van der Waals surface area contributed by atoms with Crippen molar-refractivity contribution < 1.29 is 23.5 Å². The highest BCUT2D eigenvalue weighted by Crippen LogP contribution is 2.32. The molecule has 26 heavy (non-hydrogen) atoms. The maximum absolute atomic E-state index is 13.8. The summed E-state index contributed by atoms with van der Waals surface area (Å²) in [4.78, 5) is 25.5. The number of hydrogen-bond donors (Lipinski definition) is 1. The number of rotatable bonds is 6. The van der Waals surface area contributed by atoms with E-state index < -0.39 is 0 Å². The van der Waals surface area contributed by atoms with Gasteiger partial charge in [0.05, 0.1) is 0 Å². The van der Waals surface area contributed by atoms with Gasteiger partial charge in [0.1, 0.15) is 5.82 Å². The van der Waals surface area contributed by atoms with Crippen molar-refractivity contribution in [2.45, 2.75) is 13.5 Å². The average Bonchev–Trinajstić information content (AvgIpc) is 3.09. The highest BCUT2D eigenvalue weighted by Gasteiger charge is 2.17. The summed E-state index contributed by atoms with van der Waals surface area (Å²) in [5, 5.41) is 2.75. The van der Waals surface area contributed by atoms with E-state index in [-0.39, 0.29) is 44.1 Å². The molecule has 3 rings (SSSR count). The largest absolute Gasteiger partial charge is 0.454 e. The fraction of sp³-hybridized carbons (Fsp3) is 0.263. The molecule has 0 bridgehead atoms. The summed E-state index contributed by atoms with van der Waals surface area (Å²) < 4.78 is 24.2. The van der Waals surface area contributed by atoms with Crippen LogP contribution in [0.25, 0.3) is 0 Å². The topological polar surface area (TPSA) is 67.9 Å². The Balaban J connectivity index is 1.55. The molecule has 0 atom stereocenters. The van der Waals surface area contributed by atoms with Gasteiger partial charge in [-0.15, -0.1) is 0 Å². The molecule has 0 spiro atoms. The lowest BCUT2D eigenvalue weighted by molar-refractivity contribution is -0.129. The maximum atomic E-state index is 13.8. The van der Waals surface area contributed by atoms with Crippen molar-refractivity contribution in [3.05, 3.63) is 59.4 Å². The Bertz CT molecular complexity index is 825. The van der Waals surface area contributed by atoms with Crippen LogP contribution >= 0.6 is 0 Å². The lowest BCUT2D eigenvalue weighted by Crippen LogP contribution is -2.37. The van der Waals surface area contributed by atoms with Crippen molar-refractivity contribution in [1.29, 1.82) is 0 Å². The van der Waals surface area contributed by atoms with E-state index in [1.165, 1.54) is 17.9 Å². The normalized spacial score (nSPS) is 11.9. The van der Waals surface area contributed by atoms with Gasteiger partial charge in [0.2, 0.25) is 12.7 Å². The molecule has 2 aromatic carbocycles. The van der Waals surface area contributed by atoms with Crippen molar-refractivity contribution in [3.8, 4) is 11.5 Å². The Morgan fingerprint density at radius 3 is 2.69 bits per heavy atom. The third-order valence-electron chi connectivity index (χ3n) is 4.07. The Hall–Kier alpha value is -3.09. The van der Waals surface area contributed by atoms with E-state index in [1.807, 2.05) is 0 Å². The number of halogens is 1. The predicted octanol–water partition coefficient (Wildman–Crippen LogP) is 2.33. The Kier molecular flexibility index (Phi) is 5.36. The van der Waals surface area contributed by atoms with Gasteiger partial charge in [-0.05, 0) is 24.3 Å².